The molecule has 5 nitrogen and oxygen atoms in total. The maximum absolute atomic E-state index is 6.20. The second-order valence-electron chi connectivity index (χ2n) is 5.85. The van der Waals surface area contributed by atoms with Gasteiger partial charge in [-0.3, -0.25) is 0 Å². The molecular formula is C16H22ClNO4. The van der Waals surface area contributed by atoms with E-state index in [0.29, 0.717) is 31.6 Å². The Morgan fingerprint density at radius 3 is 3.05 bits per heavy atom. The number of nitrogens with zero attached hydrogens (tertiary/aromatic N) is 1. The molecule has 2 atom stereocenters. The predicted octanol–water partition coefficient (Wildman–Crippen LogP) is 2.73. The molecule has 2 aliphatic rings. The van der Waals surface area contributed by atoms with Gasteiger partial charge in [0, 0.05) is 44.6 Å². The van der Waals surface area contributed by atoms with Gasteiger partial charge in [0.1, 0.15) is 16.5 Å². The number of rotatable bonds is 5. The maximum atomic E-state index is 6.20. The third-order valence-corrected chi connectivity index (χ3v) is 4.58. The summed E-state index contributed by atoms with van der Waals surface area (Å²) in [4.78, 5) is 4.52. The highest BCUT2D eigenvalue weighted by atomic mass is 35.5. The van der Waals surface area contributed by atoms with Gasteiger partial charge in [0.05, 0.1) is 31.6 Å². The van der Waals surface area contributed by atoms with Gasteiger partial charge < -0.3 is 18.9 Å². The van der Waals surface area contributed by atoms with Crippen LogP contribution in [0.1, 0.15) is 31.0 Å². The van der Waals surface area contributed by atoms with Crippen molar-refractivity contribution in [2.75, 3.05) is 33.5 Å². The van der Waals surface area contributed by atoms with Crippen molar-refractivity contribution >= 4 is 11.6 Å². The van der Waals surface area contributed by atoms with Crippen LogP contribution in [0.15, 0.2) is 6.07 Å². The molecule has 0 N–H and O–H groups in total. The summed E-state index contributed by atoms with van der Waals surface area (Å²) in [7, 11) is 1.71. The molecule has 0 bridgehead atoms. The van der Waals surface area contributed by atoms with E-state index in [1.165, 1.54) is 0 Å². The first-order chi connectivity index (χ1) is 10.6. The normalized spacial score (nSPS) is 25.2. The van der Waals surface area contributed by atoms with Gasteiger partial charge in [0.15, 0.2) is 0 Å². The summed E-state index contributed by atoms with van der Waals surface area (Å²) in [6.45, 7) is 4.50. The summed E-state index contributed by atoms with van der Waals surface area (Å²) in [5.74, 6) is 0.813. The smallest absolute Gasteiger partial charge is 0.136 e. The van der Waals surface area contributed by atoms with Crippen molar-refractivity contribution in [1.82, 2.24) is 4.98 Å². The van der Waals surface area contributed by atoms with Crippen LogP contribution in [0.3, 0.4) is 0 Å². The molecule has 0 amide bonds. The van der Waals surface area contributed by atoms with Gasteiger partial charge in [0.2, 0.25) is 0 Å². The summed E-state index contributed by atoms with van der Waals surface area (Å²) in [6.07, 6.45) is 2.60. The van der Waals surface area contributed by atoms with Crippen LogP contribution in [0.4, 0.5) is 0 Å². The summed E-state index contributed by atoms with van der Waals surface area (Å²) >= 11 is 6.20. The fraction of sp³-hybridized carbons (Fsp3) is 0.688. The molecule has 1 unspecified atom stereocenters. The SMILES string of the molecule is CO[C@@H](C)CCOc1cc(Cl)nc2c1CCOC21CCOC1. The number of aromatic nitrogens is 1. The summed E-state index contributed by atoms with van der Waals surface area (Å²) in [6, 6.07) is 1.80. The first-order valence-electron chi connectivity index (χ1n) is 7.72. The Bertz CT molecular complexity index is 531. The van der Waals surface area contributed by atoms with E-state index in [1.807, 2.05) is 6.92 Å². The van der Waals surface area contributed by atoms with Gasteiger partial charge in [-0.25, -0.2) is 4.98 Å². The minimum absolute atomic E-state index is 0.172. The standard InChI is InChI=1S/C16H22ClNO4/c1-11(19-2)3-6-21-13-9-14(17)18-15-12(13)4-7-22-16(15)5-8-20-10-16/h9,11H,3-8,10H2,1-2H3/t11-,16?/m0/s1. The van der Waals surface area contributed by atoms with Crippen LogP contribution < -0.4 is 4.74 Å². The van der Waals surface area contributed by atoms with Crippen LogP contribution in [0, 0.1) is 0 Å². The Morgan fingerprint density at radius 2 is 2.32 bits per heavy atom. The van der Waals surface area contributed by atoms with Crippen molar-refractivity contribution in [1.29, 1.82) is 0 Å². The highest BCUT2D eigenvalue weighted by Crippen LogP contribution is 2.42. The molecule has 2 aliphatic heterocycles. The molecule has 3 rings (SSSR count). The lowest BCUT2D eigenvalue weighted by atomic mass is 9.90. The quantitative estimate of drug-likeness (QED) is 0.778. The second kappa shape index (κ2) is 6.71. The number of halogens is 1. The van der Waals surface area contributed by atoms with E-state index in [-0.39, 0.29) is 6.10 Å². The van der Waals surface area contributed by atoms with E-state index in [1.54, 1.807) is 13.2 Å². The van der Waals surface area contributed by atoms with Crippen LogP contribution in [-0.2, 0) is 26.2 Å². The minimum atomic E-state index is -0.448. The Balaban J connectivity index is 1.84. The Kier molecular flexibility index (Phi) is 4.88. The van der Waals surface area contributed by atoms with Gasteiger partial charge in [0.25, 0.3) is 0 Å². The van der Waals surface area contributed by atoms with E-state index in [9.17, 15) is 0 Å². The second-order valence-corrected chi connectivity index (χ2v) is 6.24. The van der Waals surface area contributed by atoms with E-state index in [4.69, 9.17) is 30.5 Å². The number of pyridine rings is 1. The van der Waals surface area contributed by atoms with Crippen LogP contribution in [0.2, 0.25) is 5.15 Å². The number of hydrogen-bond acceptors (Lipinski definition) is 5. The largest absolute Gasteiger partial charge is 0.493 e. The number of methoxy groups -OCH3 is 1. The Morgan fingerprint density at radius 1 is 1.45 bits per heavy atom. The topological polar surface area (TPSA) is 49.8 Å². The zero-order valence-corrected chi connectivity index (χ0v) is 13.8. The molecule has 1 saturated heterocycles. The lowest BCUT2D eigenvalue weighted by Crippen LogP contribution is -2.37. The van der Waals surface area contributed by atoms with Gasteiger partial charge in [-0.2, -0.15) is 0 Å². The lowest BCUT2D eigenvalue weighted by Gasteiger charge is -2.34. The molecule has 1 fully saturated rings. The maximum Gasteiger partial charge on any atom is 0.136 e. The molecule has 1 aromatic heterocycles. The summed E-state index contributed by atoms with van der Waals surface area (Å²) < 4.78 is 22.7. The zero-order valence-electron chi connectivity index (χ0n) is 13.1. The van der Waals surface area contributed by atoms with Crippen molar-refractivity contribution in [2.24, 2.45) is 0 Å². The van der Waals surface area contributed by atoms with Crippen molar-refractivity contribution < 1.29 is 18.9 Å². The van der Waals surface area contributed by atoms with Gasteiger partial charge in [-0.15, -0.1) is 0 Å². The van der Waals surface area contributed by atoms with Crippen LogP contribution in [-0.4, -0.2) is 44.6 Å². The zero-order chi connectivity index (χ0) is 15.6. The monoisotopic (exact) mass is 327 g/mol. The van der Waals surface area contributed by atoms with E-state index >= 15 is 0 Å². The lowest BCUT2D eigenvalue weighted by molar-refractivity contribution is -0.0670. The van der Waals surface area contributed by atoms with Crippen molar-refractivity contribution in [3.8, 4) is 5.75 Å². The molecule has 1 aromatic rings. The van der Waals surface area contributed by atoms with Crippen molar-refractivity contribution in [3.05, 3.63) is 22.5 Å². The highest BCUT2D eigenvalue weighted by molar-refractivity contribution is 6.29. The van der Waals surface area contributed by atoms with Gasteiger partial charge in [-0.05, 0) is 6.92 Å². The summed E-state index contributed by atoms with van der Waals surface area (Å²) in [5, 5.41) is 0.435. The first-order valence-corrected chi connectivity index (χ1v) is 8.09. The van der Waals surface area contributed by atoms with Crippen LogP contribution in [0.5, 0.6) is 5.75 Å². The first kappa shape index (κ1) is 16.0. The molecule has 0 aromatic carbocycles. The molecule has 6 heteroatoms. The fourth-order valence-corrected chi connectivity index (χ4v) is 3.17. The average molecular weight is 328 g/mol. The van der Waals surface area contributed by atoms with Gasteiger partial charge >= 0.3 is 0 Å². The fourth-order valence-electron chi connectivity index (χ4n) is 2.98. The molecule has 1 spiro atoms. The molecular weight excluding hydrogens is 306 g/mol. The van der Waals surface area contributed by atoms with E-state index in [2.05, 4.69) is 4.98 Å². The summed E-state index contributed by atoms with van der Waals surface area (Å²) in [5.41, 5.74) is 1.54. The Hall–Kier alpha value is -0.880. The minimum Gasteiger partial charge on any atom is -0.493 e. The van der Waals surface area contributed by atoms with Crippen molar-refractivity contribution in [2.45, 2.75) is 37.9 Å². The molecule has 0 radical (unpaired) electrons. The molecule has 22 heavy (non-hydrogen) atoms. The number of hydrogen-bond donors (Lipinski definition) is 0. The predicted molar refractivity (Wildman–Crippen MR) is 82.6 cm³/mol. The molecule has 122 valence electrons. The molecule has 0 aliphatic carbocycles. The average Bonchev–Trinajstić information content (AvgIpc) is 2.97. The van der Waals surface area contributed by atoms with E-state index in [0.717, 1.165) is 36.3 Å². The number of ether oxygens (including phenoxy) is 4. The molecule has 3 heterocycles. The highest BCUT2D eigenvalue weighted by Gasteiger charge is 2.44. The van der Waals surface area contributed by atoms with Crippen molar-refractivity contribution in [3.63, 3.8) is 0 Å². The van der Waals surface area contributed by atoms with E-state index < -0.39 is 5.60 Å². The van der Waals surface area contributed by atoms with Crippen LogP contribution in [0.25, 0.3) is 0 Å². The Labute approximate surface area is 135 Å². The third-order valence-electron chi connectivity index (χ3n) is 4.38. The third kappa shape index (κ3) is 3.08. The number of fused-ring (bicyclic) bond motifs is 2. The molecule has 0 saturated carbocycles. The van der Waals surface area contributed by atoms with Gasteiger partial charge in [-0.1, -0.05) is 11.6 Å². The van der Waals surface area contributed by atoms with Crippen LogP contribution >= 0.6 is 11.6 Å².